The number of aryl methyl sites for hydroxylation is 2. The molecule has 0 radical (unpaired) electrons. The first-order valence-electron chi connectivity index (χ1n) is 8.64. The Labute approximate surface area is 151 Å². The van der Waals surface area contributed by atoms with Crippen LogP contribution in [0.1, 0.15) is 36.0 Å². The average Bonchev–Trinajstić information content (AvgIpc) is 3.12. The zero-order valence-corrected chi connectivity index (χ0v) is 14.8. The lowest BCUT2D eigenvalue weighted by atomic mass is 10.1. The Bertz CT molecular complexity index is 878. The molecule has 1 aliphatic rings. The molecule has 0 bridgehead atoms. The summed E-state index contributed by atoms with van der Waals surface area (Å²) in [5, 5.41) is 3.18. The standard InChI is InChI=1S/C18H20N8/c1-12-11-13(2)24-18(23-12)26-10-3-5-14(26)15-16(20-9-8-19-15)25-17-21-6-4-7-22-17/h4,6-9,11,14H,3,5,10H2,1-2H3,(H,20,21,22,25). The van der Waals surface area contributed by atoms with Gasteiger partial charge in [0.1, 0.15) is 5.69 Å². The zero-order valence-electron chi connectivity index (χ0n) is 14.8. The highest BCUT2D eigenvalue weighted by Crippen LogP contribution is 2.36. The van der Waals surface area contributed by atoms with Gasteiger partial charge in [-0.25, -0.2) is 24.9 Å². The van der Waals surface area contributed by atoms with Crippen molar-refractivity contribution in [3.8, 4) is 0 Å². The van der Waals surface area contributed by atoms with Crippen LogP contribution in [0.15, 0.2) is 36.9 Å². The predicted molar refractivity (Wildman–Crippen MR) is 98.2 cm³/mol. The minimum Gasteiger partial charge on any atom is -0.332 e. The molecule has 4 rings (SSSR count). The SMILES string of the molecule is Cc1cc(C)nc(N2CCCC2c2nccnc2Nc2ncccn2)n1. The minimum atomic E-state index is 0.0658. The summed E-state index contributed by atoms with van der Waals surface area (Å²) in [6.07, 6.45) is 8.79. The van der Waals surface area contributed by atoms with Crippen molar-refractivity contribution in [2.75, 3.05) is 16.8 Å². The Morgan fingerprint density at radius 1 is 0.962 bits per heavy atom. The van der Waals surface area contributed by atoms with Gasteiger partial charge in [0.25, 0.3) is 0 Å². The van der Waals surface area contributed by atoms with Crippen molar-refractivity contribution in [2.24, 2.45) is 0 Å². The maximum Gasteiger partial charge on any atom is 0.228 e. The summed E-state index contributed by atoms with van der Waals surface area (Å²) >= 11 is 0. The molecule has 0 saturated carbocycles. The van der Waals surface area contributed by atoms with Gasteiger partial charge in [-0.05, 0) is 38.8 Å². The lowest BCUT2D eigenvalue weighted by Gasteiger charge is -2.25. The topological polar surface area (TPSA) is 92.6 Å². The van der Waals surface area contributed by atoms with E-state index in [2.05, 4.69) is 40.1 Å². The summed E-state index contributed by atoms with van der Waals surface area (Å²) in [5.74, 6) is 1.92. The summed E-state index contributed by atoms with van der Waals surface area (Å²) in [6, 6.07) is 3.83. The molecule has 0 amide bonds. The molecule has 0 spiro atoms. The Balaban J connectivity index is 1.68. The van der Waals surface area contributed by atoms with Crippen LogP contribution < -0.4 is 10.2 Å². The number of hydrogen-bond donors (Lipinski definition) is 1. The third kappa shape index (κ3) is 3.30. The largest absolute Gasteiger partial charge is 0.332 e. The van der Waals surface area contributed by atoms with Crippen LogP contribution in [-0.4, -0.2) is 36.4 Å². The molecule has 8 nitrogen and oxygen atoms in total. The van der Waals surface area contributed by atoms with Gasteiger partial charge < -0.3 is 10.2 Å². The molecule has 3 aromatic rings. The van der Waals surface area contributed by atoms with Crippen LogP contribution in [0.2, 0.25) is 0 Å². The molecule has 0 aromatic carbocycles. The van der Waals surface area contributed by atoms with Gasteiger partial charge in [0.15, 0.2) is 5.82 Å². The van der Waals surface area contributed by atoms with Crippen LogP contribution in [0.5, 0.6) is 0 Å². The van der Waals surface area contributed by atoms with E-state index in [4.69, 9.17) is 0 Å². The van der Waals surface area contributed by atoms with E-state index < -0.39 is 0 Å². The van der Waals surface area contributed by atoms with E-state index in [-0.39, 0.29) is 6.04 Å². The van der Waals surface area contributed by atoms with Crippen molar-refractivity contribution in [3.05, 3.63) is 54.0 Å². The summed E-state index contributed by atoms with van der Waals surface area (Å²) in [6.45, 7) is 4.88. The van der Waals surface area contributed by atoms with Crippen molar-refractivity contribution >= 4 is 17.7 Å². The highest BCUT2D eigenvalue weighted by atomic mass is 15.3. The van der Waals surface area contributed by atoms with E-state index in [1.54, 1.807) is 30.9 Å². The molecule has 1 saturated heterocycles. The van der Waals surface area contributed by atoms with E-state index in [1.165, 1.54) is 0 Å². The van der Waals surface area contributed by atoms with E-state index in [0.29, 0.717) is 11.8 Å². The van der Waals surface area contributed by atoms with Gasteiger partial charge in [0, 0.05) is 42.7 Å². The number of rotatable bonds is 4. The van der Waals surface area contributed by atoms with Crippen LogP contribution in [0.3, 0.4) is 0 Å². The highest BCUT2D eigenvalue weighted by Gasteiger charge is 2.31. The summed E-state index contributed by atoms with van der Waals surface area (Å²) in [7, 11) is 0. The molecule has 1 unspecified atom stereocenters. The molecule has 4 heterocycles. The molecule has 1 fully saturated rings. The lowest BCUT2D eigenvalue weighted by Crippen LogP contribution is -2.26. The van der Waals surface area contributed by atoms with Crippen molar-refractivity contribution in [1.29, 1.82) is 0 Å². The first-order chi connectivity index (χ1) is 12.7. The number of anilines is 3. The Kier molecular flexibility index (Phi) is 4.39. The average molecular weight is 348 g/mol. The molecular weight excluding hydrogens is 328 g/mol. The molecule has 3 aromatic heterocycles. The summed E-state index contributed by atoms with van der Waals surface area (Å²) in [4.78, 5) is 29.0. The van der Waals surface area contributed by atoms with Gasteiger partial charge in [0.2, 0.25) is 11.9 Å². The lowest BCUT2D eigenvalue weighted by molar-refractivity contribution is 0.675. The Morgan fingerprint density at radius 3 is 2.46 bits per heavy atom. The molecule has 26 heavy (non-hydrogen) atoms. The van der Waals surface area contributed by atoms with Crippen molar-refractivity contribution in [1.82, 2.24) is 29.9 Å². The molecule has 132 valence electrons. The number of aromatic nitrogens is 6. The fraction of sp³-hybridized carbons (Fsp3) is 0.333. The second-order valence-corrected chi connectivity index (χ2v) is 6.29. The van der Waals surface area contributed by atoms with E-state index in [9.17, 15) is 0 Å². The fourth-order valence-corrected chi connectivity index (χ4v) is 3.28. The summed E-state index contributed by atoms with van der Waals surface area (Å²) in [5.41, 5.74) is 2.79. The first kappa shape index (κ1) is 16.3. The van der Waals surface area contributed by atoms with Gasteiger partial charge in [-0.15, -0.1) is 0 Å². The number of hydrogen-bond acceptors (Lipinski definition) is 8. The van der Waals surface area contributed by atoms with Gasteiger partial charge in [0.05, 0.1) is 6.04 Å². The molecule has 1 aliphatic heterocycles. The minimum absolute atomic E-state index is 0.0658. The van der Waals surface area contributed by atoms with Crippen molar-refractivity contribution in [3.63, 3.8) is 0 Å². The van der Waals surface area contributed by atoms with Gasteiger partial charge in [-0.3, -0.25) is 4.98 Å². The Hall–Kier alpha value is -3.16. The van der Waals surface area contributed by atoms with Crippen LogP contribution in [0.4, 0.5) is 17.7 Å². The molecule has 8 heteroatoms. The van der Waals surface area contributed by atoms with E-state index >= 15 is 0 Å². The normalized spacial score (nSPS) is 16.7. The smallest absolute Gasteiger partial charge is 0.228 e. The second-order valence-electron chi connectivity index (χ2n) is 6.29. The molecule has 1 atom stereocenters. The van der Waals surface area contributed by atoms with Gasteiger partial charge in [-0.1, -0.05) is 0 Å². The molecule has 0 aliphatic carbocycles. The van der Waals surface area contributed by atoms with Crippen LogP contribution in [0.25, 0.3) is 0 Å². The maximum atomic E-state index is 4.63. The molecule has 1 N–H and O–H groups in total. The van der Waals surface area contributed by atoms with Gasteiger partial charge in [-0.2, -0.15) is 0 Å². The third-order valence-electron chi connectivity index (χ3n) is 4.32. The first-order valence-corrected chi connectivity index (χ1v) is 8.64. The number of nitrogens with one attached hydrogen (secondary N) is 1. The number of nitrogens with zero attached hydrogens (tertiary/aromatic N) is 7. The maximum absolute atomic E-state index is 4.63. The predicted octanol–water partition coefficient (Wildman–Crippen LogP) is 2.76. The van der Waals surface area contributed by atoms with Crippen molar-refractivity contribution in [2.45, 2.75) is 32.7 Å². The van der Waals surface area contributed by atoms with Crippen molar-refractivity contribution < 1.29 is 0 Å². The quantitative estimate of drug-likeness (QED) is 0.769. The highest BCUT2D eigenvalue weighted by molar-refractivity contribution is 5.53. The van der Waals surface area contributed by atoms with Crippen LogP contribution in [0, 0.1) is 13.8 Å². The van der Waals surface area contributed by atoms with E-state index in [0.717, 1.165) is 42.4 Å². The van der Waals surface area contributed by atoms with Crippen LogP contribution >= 0.6 is 0 Å². The second kappa shape index (κ2) is 6.99. The van der Waals surface area contributed by atoms with E-state index in [1.807, 2.05) is 19.9 Å². The molecular formula is C18H20N8. The Morgan fingerprint density at radius 2 is 1.69 bits per heavy atom. The van der Waals surface area contributed by atoms with Gasteiger partial charge >= 0.3 is 0 Å². The third-order valence-corrected chi connectivity index (χ3v) is 4.32. The zero-order chi connectivity index (χ0) is 17.9. The summed E-state index contributed by atoms with van der Waals surface area (Å²) < 4.78 is 0. The monoisotopic (exact) mass is 348 g/mol. The van der Waals surface area contributed by atoms with Crippen LogP contribution in [-0.2, 0) is 0 Å². The fourth-order valence-electron chi connectivity index (χ4n) is 3.28.